The molecule has 0 amide bonds. The van der Waals surface area contributed by atoms with Crippen LogP contribution in [0.25, 0.3) is 0 Å². The van der Waals surface area contributed by atoms with E-state index in [2.05, 4.69) is 21.2 Å². The summed E-state index contributed by atoms with van der Waals surface area (Å²) in [5.74, 6) is -1.04. The second kappa shape index (κ2) is 7.99. The largest absolute Gasteiger partial charge is 0.478 e. The molecule has 0 radical (unpaired) electrons. The average Bonchev–Trinajstić information content (AvgIpc) is 2.56. The lowest BCUT2D eigenvalue weighted by atomic mass is 10.0. The Bertz CT molecular complexity index is 748. The molecule has 134 valence electrons. The van der Waals surface area contributed by atoms with Crippen LogP contribution in [-0.2, 0) is 12.7 Å². The van der Waals surface area contributed by atoms with Gasteiger partial charge in [0.25, 0.3) is 0 Å². The second-order valence-corrected chi connectivity index (χ2v) is 6.20. The molecule has 8 heteroatoms. The van der Waals surface area contributed by atoms with Gasteiger partial charge in [0.15, 0.2) is 0 Å². The van der Waals surface area contributed by atoms with E-state index in [1.54, 1.807) is 6.07 Å². The molecule has 0 spiro atoms. The zero-order chi connectivity index (χ0) is 18.6. The summed E-state index contributed by atoms with van der Waals surface area (Å²) in [7, 11) is 0. The summed E-state index contributed by atoms with van der Waals surface area (Å²) in [4.78, 5) is 10.9. The molecule has 2 aromatic carbocycles. The van der Waals surface area contributed by atoms with Gasteiger partial charge >= 0.3 is 12.1 Å². The van der Waals surface area contributed by atoms with Crippen LogP contribution < -0.4 is 5.32 Å². The molecule has 1 atom stereocenters. The van der Waals surface area contributed by atoms with Gasteiger partial charge < -0.3 is 15.5 Å². The number of aliphatic hydroxyl groups is 1. The van der Waals surface area contributed by atoms with Crippen molar-refractivity contribution >= 4 is 21.9 Å². The van der Waals surface area contributed by atoms with Gasteiger partial charge in [-0.25, -0.2) is 4.79 Å². The Morgan fingerprint density at radius 2 is 1.80 bits per heavy atom. The minimum Gasteiger partial charge on any atom is -0.478 e. The van der Waals surface area contributed by atoms with E-state index in [0.29, 0.717) is 16.6 Å². The molecular formula is C17H15BrF3NO3. The third-order valence-electron chi connectivity index (χ3n) is 3.66. The fourth-order valence-corrected chi connectivity index (χ4v) is 2.77. The normalized spacial score (nSPS) is 12.8. The molecule has 4 nitrogen and oxygen atoms in total. The van der Waals surface area contributed by atoms with E-state index in [1.165, 1.54) is 24.3 Å². The zero-order valence-corrected chi connectivity index (χ0v) is 14.4. The summed E-state index contributed by atoms with van der Waals surface area (Å²) in [6.07, 6.45) is -4.41. The number of benzene rings is 2. The fourth-order valence-electron chi connectivity index (χ4n) is 2.25. The first-order valence-corrected chi connectivity index (χ1v) is 8.04. The van der Waals surface area contributed by atoms with E-state index in [1.807, 2.05) is 0 Å². The lowest BCUT2D eigenvalue weighted by molar-refractivity contribution is -0.137. The van der Waals surface area contributed by atoms with E-state index in [0.717, 1.165) is 17.7 Å². The van der Waals surface area contributed by atoms with E-state index in [4.69, 9.17) is 5.11 Å². The third kappa shape index (κ3) is 5.04. The number of carboxylic acids is 1. The van der Waals surface area contributed by atoms with Crippen molar-refractivity contribution in [1.29, 1.82) is 0 Å². The van der Waals surface area contributed by atoms with Crippen LogP contribution in [-0.4, -0.2) is 22.8 Å². The number of carboxylic acid groups (broad SMARTS) is 1. The summed E-state index contributed by atoms with van der Waals surface area (Å²) in [6, 6.07) is 8.57. The van der Waals surface area contributed by atoms with Gasteiger partial charge in [-0.2, -0.15) is 13.2 Å². The lowest BCUT2D eigenvalue weighted by Gasteiger charge is -2.18. The van der Waals surface area contributed by atoms with E-state index in [9.17, 15) is 23.1 Å². The molecule has 3 N–H and O–H groups in total. The quantitative estimate of drug-likeness (QED) is 0.664. The molecule has 2 aromatic rings. The first-order chi connectivity index (χ1) is 11.7. The highest BCUT2D eigenvalue weighted by atomic mass is 79.9. The summed E-state index contributed by atoms with van der Waals surface area (Å²) >= 11 is 3.28. The standard InChI is InChI=1S/C17H15BrF3NO3/c18-14-7-11(16(24)25)1-2-12(14)8-22-15(9-23)10-3-5-13(6-4-10)17(19,20)21/h1-7,15,22-23H,8-9H2,(H,24,25)/t15-/m1/s1. The van der Waals surface area contributed by atoms with Crippen molar-refractivity contribution in [3.05, 3.63) is 69.2 Å². The topological polar surface area (TPSA) is 69.6 Å². The number of rotatable bonds is 6. The molecule has 0 saturated heterocycles. The van der Waals surface area contributed by atoms with Crippen LogP contribution in [0.2, 0.25) is 0 Å². The number of alkyl halides is 3. The molecule has 0 aliphatic rings. The minimum atomic E-state index is -4.41. The Labute approximate surface area is 150 Å². The number of hydrogen-bond acceptors (Lipinski definition) is 3. The second-order valence-electron chi connectivity index (χ2n) is 5.35. The van der Waals surface area contributed by atoms with Gasteiger partial charge in [-0.1, -0.05) is 34.1 Å². The number of nitrogens with one attached hydrogen (secondary N) is 1. The van der Waals surface area contributed by atoms with Crippen molar-refractivity contribution in [3.63, 3.8) is 0 Å². The Morgan fingerprint density at radius 3 is 2.28 bits per heavy atom. The van der Waals surface area contributed by atoms with Crippen LogP contribution in [0.3, 0.4) is 0 Å². The van der Waals surface area contributed by atoms with Gasteiger partial charge in [-0.15, -0.1) is 0 Å². The highest BCUT2D eigenvalue weighted by Crippen LogP contribution is 2.30. The van der Waals surface area contributed by atoms with Gasteiger partial charge in [0.1, 0.15) is 0 Å². The molecule has 0 aliphatic heterocycles. The van der Waals surface area contributed by atoms with Crippen LogP contribution in [0.1, 0.15) is 33.1 Å². The van der Waals surface area contributed by atoms with Crippen molar-refractivity contribution in [2.75, 3.05) is 6.61 Å². The summed E-state index contributed by atoms with van der Waals surface area (Å²) in [5, 5.41) is 21.5. The van der Waals surface area contributed by atoms with Crippen molar-refractivity contribution < 1.29 is 28.2 Å². The maximum absolute atomic E-state index is 12.6. The van der Waals surface area contributed by atoms with Crippen LogP contribution in [0, 0.1) is 0 Å². The van der Waals surface area contributed by atoms with Crippen molar-refractivity contribution in [2.24, 2.45) is 0 Å². The lowest BCUT2D eigenvalue weighted by Crippen LogP contribution is -2.24. The minimum absolute atomic E-state index is 0.136. The van der Waals surface area contributed by atoms with Crippen molar-refractivity contribution in [2.45, 2.75) is 18.8 Å². The molecule has 2 rings (SSSR count). The van der Waals surface area contributed by atoms with E-state index >= 15 is 0 Å². The Hall–Kier alpha value is -1.90. The Kier molecular flexibility index (Phi) is 6.21. The van der Waals surface area contributed by atoms with Gasteiger partial charge in [-0.05, 0) is 35.4 Å². The van der Waals surface area contributed by atoms with Crippen molar-refractivity contribution in [1.82, 2.24) is 5.32 Å². The van der Waals surface area contributed by atoms with E-state index in [-0.39, 0.29) is 12.2 Å². The van der Waals surface area contributed by atoms with Gasteiger partial charge in [0.2, 0.25) is 0 Å². The smallest absolute Gasteiger partial charge is 0.416 e. The van der Waals surface area contributed by atoms with Crippen LogP contribution in [0.15, 0.2) is 46.9 Å². The maximum atomic E-state index is 12.6. The first kappa shape index (κ1) is 19.4. The maximum Gasteiger partial charge on any atom is 0.416 e. The molecule has 0 saturated carbocycles. The number of aliphatic hydroxyl groups excluding tert-OH is 1. The number of hydrogen-bond donors (Lipinski definition) is 3. The van der Waals surface area contributed by atoms with E-state index < -0.39 is 23.8 Å². The van der Waals surface area contributed by atoms with Crippen LogP contribution >= 0.6 is 15.9 Å². The molecule has 0 heterocycles. The zero-order valence-electron chi connectivity index (χ0n) is 12.8. The Balaban J connectivity index is 2.09. The van der Waals surface area contributed by atoms with Crippen LogP contribution in [0.5, 0.6) is 0 Å². The summed E-state index contributed by atoms with van der Waals surface area (Å²) in [6.45, 7) is 0.00290. The highest BCUT2D eigenvalue weighted by molar-refractivity contribution is 9.10. The number of halogens is 4. The predicted octanol–water partition coefficient (Wildman–Crippen LogP) is 3.99. The van der Waals surface area contributed by atoms with Crippen LogP contribution in [0.4, 0.5) is 13.2 Å². The van der Waals surface area contributed by atoms with Crippen molar-refractivity contribution in [3.8, 4) is 0 Å². The molecule has 0 bridgehead atoms. The number of aromatic carboxylic acids is 1. The third-order valence-corrected chi connectivity index (χ3v) is 4.40. The summed E-state index contributed by atoms with van der Waals surface area (Å²) < 4.78 is 38.4. The summed E-state index contributed by atoms with van der Waals surface area (Å²) in [5.41, 5.74) is 0.668. The first-order valence-electron chi connectivity index (χ1n) is 7.25. The highest BCUT2D eigenvalue weighted by Gasteiger charge is 2.30. The van der Waals surface area contributed by atoms with Gasteiger partial charge in [0.05, 0.1) is 23.8 Å². The van der Waals surface area contributed by atoms with Gasteiger partial charge in [0, 0.05) is 11.0 Å². The fraction of sp³-hybridized carbons (Fsp3) is 0.235. The molecule has 25 heavy (non-hydrogen) atoms. The van der Waals surface area contributed by atoms with Gasteiger partial charge in [-0.3, -0.25) is 0 Å². The SMILES string of the molecule is O=C(O)c1ccc(CN[C@H](CO)c2ccc(C(F)(F)F)cc2)c(Br)c1. The monoisotopic (exact) mass is 417 g/mol. The predicted molar refractivity (Wildman–Crippen MR) is 89.2 cm³/mol. The molecule has 0 fully saturated rings. The Morgan fingerprint density at radius 1 is 1.16 bits per heavy atom. The molecule has 0 aliphatic carbocycles. The average molecular weight is 418 g/mol. The molecule has 0 aromatic heterocycles. The molecule has 0 unspecified atom stereocenters. The molecular weight excluding hydrogens is 403 g/mol. The number of carbonyl (C=O) groups is 1.